The summed E-state index contributed by atoms with van der Waals surface area (Å²) in [7, 11) is 5.47. The van der Waals surface area contributed by atoms with Gasteiger partial charge in [-0.15, -0.1) is 0 Å². The van der Waals surface area contributed by atoms with Crippen LogP contribution < -0.4 is 53.5 Å². The summed E-state index contributed by atoms with van der Waals surface area (Å²) in [6, 6.07) is -4.16. The minimum Gasteiger partial charge on any atom is -0.481 e. The number of primary amides is 1. The number of carboxylic acids is 3. The largest absolute Gasteiger partial charge is 0.481 e. The molecule has 0 fully saturated rings. The van der Waals surface area contributed by atoms with E-state index in [9.17, 15) is 67.7 Å². The van der Waals surface area contributed by atoms with Crippen molar-refractivity contribution in [3.8, 4) is 0 Å². The first-order chi connectivity index (χ1) is 42.3. The molecule has 0 unspecified atom stereocenters. The van der Waals surface area contributed by atoms with Gasteiger partial charge in [-0.25, -0.2) is 9.59 Å². The molecule has 0 saturated carbocycles. The molecule has 9 amide bonds. The van der Waals surface area contributed by atoms with E-state index in [2.05, 4.69) is 47.8 Å². The van der Waals surface area contributed by atoms with Gasteiger partial charge in [-0.3, -0.25) is 47.9 Å². The summed E-state index contributed by atoms with van der Waals surface area (Å²) >= 11 is 0. The van der Waals surface area contributed by atoms with Gasteiger partial charge in [0.25, 0.3) is 0 Å². The Hall–Kier alpha value is -6.50. The third-order valence-corrected chi connectivity index (χ3v) is 13.6. The zero-order chi connectivity index (χ0) is 65.4. The zero-order valence-corrected chi connectivity index (χ0v) is 51.8. The molecule has 4 atom stereocenters. The molecule has 0 bridgehead atoms. The second-order valence-corrected chi connectivity index (χ2v) is 21.2. The lowest BCUT2D eigenvalue weighted by Gasteiger charge is -2.20. The van der Waals surface area contributed by atoms with E-state index >= 15 is 0 Å². The van der Waals surface area contributed by atoms with E-state index < -0.39 is 89.3 Å². The molecule has 0 spiro atoms. The highest BCUT2D eigenvalue weighted by Gasteiger charge is 2.24. The number of ether oxygens (including phenoxy) is 4. The van der Waals surface area contributed by atoms with Gasteiger partial charge in [-0.1, -0.05) is 84.0 Å². The maximum absolute atomic E-state index is 12.4. The van der Waals surface area contributed by atoms with Crippen molar-refractivity contribution in [3.05, 3.63) is 0 Å². The predicted octanol–water partition coefficient (Wildman–Crippen LogP) is 0.812. The summed E-state index contributed by atoms with van der Waals surface area (Å²) < 4.78 is 21.3. The number of unbranched alkanes of at least 4 members (excludes halogenated alkanes) is 14. The molecule has 0 aliphatic rings. The van der Waals surface area contributed by atoms with Crippen LogP contribution in [0.3, 0.4) is 0 Å². The maximum atomic E-state index is 12.4. The standard InChI is InChI=1S/C58H103BN10O19/c1-2-43(55(60)79)68-56(80)44(69-59)21-17-18-30-61-48(71)28-26-45(57(81)82)66-51(74)24-20-32-63-52(75)41-87-39-38-86-36-34-65-53(76)42-88-40-37-85-35-33-64-49(72)29-27-46(58(83)84)67-50(73)23-19-31-62-47(70)22-15-13-11-9-7-5-3-4-6-8-10-12-14-16-25-54(77)78/h43-46,69H,2-42H2,1H3,(H2,60,79)(H,61,71)(H,62,70)(H,63,75)(H,64,72)(H,65,76)(H,66,74)(H,67,73)(H,68,80)(H,77,78)(H,81,82)(H,83,84)/t43-,44-,45-,46-/m0/s1. The number of carboxylic acid groups (broad SMARTS) is 3. The van der Waals surface area contributed by atoms with E-state index in [0.717, 1.165) is 44.9 Å². The van der Waals surface area contributed by atoms with E-state index in [1.54, 1.807) is 6.92 Å². The number of hydrogen-bond donors (Lipinski definition) is 13. The molecule has 0 saturated heterocycles. The first kappa shape index (κ1) is 81.5. The highest BCUT2D eigenvalue weighted by molar-refractivity contribution is 6.07. The number of hydrogen-bond acceptors (Lipinski definition) is 17. The second-order valence-electron chi connectivity index (χ2n) is 21.2. The first-order valence-corrected chi connectivity index (χ1v) is 31.3. The van der Waals surface area contributed by atoms with Crippen molar-refractivity contribution in [2.75, 3.05) is 85.6 Å². The quantitative estimate of drug-likeness (QED) is 0.0296. The van der Waals surface area contributed by atoms with Gasteiger partial charge in [-0.05, 0) is 64.2 Å². The topological polar surface area (TPSA) is 437 Å². The van der Waals surface area contributed by atoms with Crippen LogP contribution in [-0.4, -0.2) is 204 Å². The lowest BCUT2D eigenvalue weighted by molar-refractivity contribution is -0.142. The third-order valence-electron chi connectivity index (χ3n) is 13.6. The van der Waals surface area contributed by atoms with Crippen LogP contribution in [0.1, 0.15) is 187 Å². The van der Waals surface area contributed by atoms with Crippen LogP contribution in [0.2, 0.25) is 0 Å². The molecule has 0 aromatic rings. The SMILES string of the molecule is [B]N[C@@H](CCCCNC(=O)CC[C@H](NC(=O)CCCNC(=O)COCCOCCNC(=O)COCCOCCNC(=O)CC[C@H](NC(=O)CCCNC(=O)CCCCCCCCCCCCCCCCC(=O)O)C(=O)O)C(=O)O)C(=O)N[C@@H](CC)C(N)=O. The minimum absolute atomic E-state index is 0.0172. The van der Waals surface area contributed by atoms with Gasteiger partial charge in [-0.2, -0.15) is 0 Å². The fourth-order valence-electron chi connectivity index (χ4n) is 8.54. The molecule has 29 nitrogen and oxygen atoms in total. The van der Waals surface area contributed by atoms with Crippen LogP contribution in [0, 0.1) is 0 Å². The van der Waals surface area contributed by atoms with Gasteiger partial charge in [0.05, 0.1) is 45.7 Å². The molecule has 30 heteroatoms. The van der Waals surface area contributed by atoms with Crippen LogP contribution >= 0.6 is 0 Å². The number of rotatable bonds is 61. The molecule has 0 aliphatic carbocycles. The number of amides is 9. The summed E-state index contributed by atoms with van der Waals surface area (Å²) in [6.07, 6.45) is 17.6. The highest BCUT2D eigenvalue weighted by Crippen LogP contribution is 2.14. The number of carbonyl (C=O) groups is 12. The third kappa shape index (κ3) is 50.5. The molecule has 2 radical (unpaired) electrons. The fraction of sp³-hybridized carbons (Fsp3) is 0.793. The average molecular weight is 1260 g/mol. The van der Waals surface area contributed by atoms with Crippen LogP contribution in [0.5, 0.6) is 0 Å². The summed E-state index contributed by atoms with van der Waals surface area (Å²) in [6.45, 7) is 2.94. The summed E-state index contributed by atoms with van der Waals surface area (Å²) in [5.41, 5.74) is 5.26. The number of nitrogens with two attached hydrogens (primary N) is 1. The molecule has 14 N–H and O–H groups in total. The van der Waals surface area contributed by atoms with Crippen molar-refractivity contribution in [2.45, 2.75) is 211 Å². The Kier molecular flexibility index (Phi) is 51.7. The van der Waals surface area contributed by atoms with Crippen molar-refractivity contribution in [3.63, 3.8) is 0 Å². The van der Waals surface area contributed by atoms with Gasteiger partial charge in [0.2, 0.25) is 53.2 Å². The molecule has 0 heterocycles. The molecular formula is C58H103BN10O19. The van der Waals surface area contributed by atoms with Gasteiger partial charge in [0.15, 0.2) is 7.98 Å². The molecule has 502 valence electrons. The average Bonchev–Trinajstić information content (AvgIpc) is 3.58. The lowest BCUT2D eigenvalue weighted by Crippen LogP contribution is -2.51. The van der Waals surface area contributed by atoms with Gasteiger partial charge in [0.1, 0.15) is 31.3 Å². The maximum Gasteiger partial charge on any atom is 0.326 e. The molecule has 0 aliphatic heterocycles. The fourth-order valence-corrected chi connectivity index (χ4v) is 8.54. The van der Waals surface area contributed by atoms with Crippen LogP contribution in [0.4, 0.5) is 0 Å². The summed E-state index contributed by atoms with van der Waals surface area (Å²) in [5.74, 6) is -7.27. The minimum atomic E-state index is -1.31. The van der Waals surface area contributed by atoms with Crippen LogP contribution in [-0.2, 0) is 76.5 Å². The van der Waals surface area contributed by atoms with Gasteiger partial charge >= 0.3 is 17.9 Å². The smallest absolute Gasteiger partial charge is 0.326 e. The molecule has 88 heavy (non-hydrogen) atoms. The van der Waals surface area contributed by atoms with Crippen molar-refractivity contribution >= 4 is 79.1 Å². The Bertz CT molecular complexity index is 2030. The van der Waals surface area contributed by atoms with Crippen molar-refractivity contribution in [1.29, 1.82) is 0 Å². The normalized spacial score (nSPS) is 12.3. The Morgan fingerprint density at radius 1 is 0.364 bits per heavy atom. The number of carbonyl (C=O) groups excluding carboxylic acids is 9. The molecule has 0 rings (SSSR count). The van der Waals surface area contributed by atoms with Crippen LogP contribution in [0.15, 0.2) is 0 Å². The summed E-state index contributed by atoms with van der Waals surface area (Å²) in [4.78, 5) is 143. The number of nitrogens with one attached hydrogen (secondary N) is 9. The predicted molar refractivity (Wildman–Crippen MR) is 324 cm³/mol. The molecular weight excluding hydrogens is 1150 g/mol. The van der Waals surface area contributed by atoms with E-state index in [4.69, 9.17) is 37.8 Å². The highest BCUT2D eigenvalue weighted by atomic mass is 16.5. The van der Waals surface area contributed by atoms with E-state index in [-0.39, 0.29) is 136 Å². The van der Waals surface area contributed by atoms with E-state index in [1.165, 1.54) is 44.9 Å². The zero-order valence-electron chi connectivity index (χ0n) is 51.8. The van der Waals surface area contributed by atoms with Crippen molar-refractivity contribution in [2.24, 2.45) is 5.73 Å². The second kappa shape index (κ2) is 55.8. The Labute approximate surface area is 519 Å². The monoisotopic (exact) mass is 1250 g/mol. The Balaban J connectivity index is 3.86. The van der Waals surface area contributed by atoms with Crippen LogP contribution in [0.25, 0.3) is 0 Å². The molecule has 0 aromatic heterocycles. The van der Waals surface area contributed by atoms with E-state index in [1.807, 2.05) is 0 Å². The van der Waals surface area contributed by atoms with Gasteiger partial charge in [0, 0.05) is 71.2 Å². The first-order valence-electron chi connectivity index (χ1n) is 31.3. The van der Waals surface area contributed by atoms with Gasteiger partial charge < -0.3 is 87.8 Å². The molecule has 0 aromatic carbocycles. The van der Waals surface area contributed by atoms with Crippen molar-refractivity contribution < 1.29 is 91.8 Å². The Morgan fingerprint density at radius 3 is 1.14 bits per heavy atom. The van der Waals surface area contributed by atoms with E-state index in [0.29, 0.717) is 45.1 Å². The number of aliphatic carboxylic acids is 3. The Morgan fingerprint density at radius 2 is 0.727 bits per heavy atom. The van der Waals surface area contributed by atoms with Crippen molar-refractivity contribution in [1.82, 2.24) is 47.8 Å². The summed E-state index contributed by atoms with van der Waals surface area (Å²) in [5, 5.41) is 50.8. The lowest BCUT2D eigenvalue weighted by atomic mass is 10.0.